The van der Waals surface area contributed by atoms with Crippen molar-refractivity contribution in [2.45, 2.75) is 6.04 Å². The molecule has 21 heavy (non-hydrogen) atoms. The van der Waals surface area contributed by atoms with E-state index in [1.54, 1.807) is 48.5 Å². The van der Waals surface area contributed by atoms with E-state index < -0.39 is 22.7 Å². The van der Waals surface area contributed by atoms with Crippen molar-refractivity contribution in [3.05, 3.63) is 70.3 Å². The SMILES string of the molecule is O=C1c2ccccc2N(c2ccccc2)C(=O)[C@@H]1[N+](=O)[O-]. The number of carbonyl (C=O) groups excluding carboxylic acids is 2. The number of hydrogen-bond donors (Lipinski definition) is 0. The van der Waals surface area contributed by atoms with Crippen LogP contribution in [0.3, 0.4) is 0 Å². The summed E-state index contributed by atoms with van der Waals surface area (Å²) in [5.74, 6) is -1.61. The second-order valence-electron chi connectivity index (χ2n) is 4.58. The van der Waals surface area contributed by atoms with Gasteiger partial charge in [-0.25, -0.2) is 0 Å². The maximum absolute atomic E-state index is 12.4. The van der Waals surface area contributed by atoms with Gasteiger partial charge in [-0.3, -0.25) is 24.6 Å². The van der Waals surface area contributed by atoms with Crippen LogP contribution >= 0.6 is 0 Å². The molecule has 3 rings (SSSR count). The van der Waals surface area contributed by atoms with Crippen molar-refractivity contribution in [1.29, 1.82) is 0 Å². The van der Waals surface area contributed by atoms with Crippen LogP contribution in [0.1, 0.15) is 10.4 Å². The van der Waals surface area contributed by atoms with Gasteiger partial charge < -0.3 is 0 Å². The van der Waals surface area contributed by atoms with Crippen molar-refractivity contribution in [3.63, 3.8) is 0 Å². The number of rotatable bonds is 2. The molecule has 1 heterocycles. The first-order valence-corrected chi connectivity index (χ1v) is 6.27. The monoisotopic (exact) mass is 282 g/mol. The van der Waals surface area contributed by atoms with Crippen molar-refractivity contribution in [1.82, 2.24) is 0 Å². The van der Waals surface area contributed by atoms with Gasteiger partial charge in [-0.05, 0) is 24.3 Å². The zero-order chi connectivity index (χ0) is 15.0. The first-order chi connectivity index (χ1) is 10.1. The van der Waals surface area contributed by atoms with E-state index in [0.29, 0.717) is 11.4 Å². The van der Waals surface area contributed by atoms with Crippen molar-refractivity contribution >= 4 is 23.1 Å². The molecule has 0 saturated heterocycles. The number of nitro groups is 1. The summed E-state index contributed by atoms with van der Waals surface area (Å²) >= 11 is 0. The largest absolute Gasteiger partial charge is 0.352 e. The van der Waals surface area contributed by atoms with Gasteiger partial charge in [0, 0.05) is 16.2 Å². The highest BCUT2D eigenvalue weighted by Crippen LogP contribution is 2.34. The number of para-hydroxylation sites is 2. The van der Waals surface area contributed by atoms with Crippen LogP contribution in [-0.2, 0) is 4.79 Å². The lowest BCUT2D eigenvalue weighted by Gasteiger charge is -2.29. The summed E-state index contributed by atoms with van der Waals surface area (Å²) in [6.07, 6.45) is 0. The van der Waals surface area contributed by atoms with Crippen LogP contribution in [0.5, 0.6) is 0 Å². The second kappa shape index (κ2) is 4.82. The molecule has 0 spiro atoms. The molecule has 1 amide bonds. The molecule has 0 N–H and O–H groups in total. The van der Waals surface area contributed by atoms with E-state index in [1.807, 2.05) is 0 Å². The average Bonchev–Trinajstić information content (AvgIpc) is 2.48. The van der Waals surface area contributed by atoms with Gasteiger partial charge in [0.15, 0.2) is 0 Å². The molecule has 0 radical (unpaired) electrons. The molecule has 1 aliphatic rings. The van der Waals surface area contributed by atoms with Gasteiger partial charge >= 0.3 is 11.9 Å². The number of hydrogen-bond acceptors (Lipinski definition) is 4. The first kappa shape index (κ1) is 13.0. The molecule has 1 aliphatic heterocycles. The number of fused-ring (bicyclic) bond motifs is 1. The molecular formula is C15H10N2O4. The molecule has 0 unspecified atom stereocenters. The normalized spacial score (nSPS) is 17.5. The smallest absolute Gasteiger partial charge is 0.286 e. The van der Waals surface area contributed by atoms with Gasteiger partial charge in [0.25, 0.3) is 0 Å². The van der Waals surface area contributed by atoms with Gasteiger partial charge in [-0.2, -0.15) is 0 Å². The Bertz CT molecular complexity index is 742. The van der Waals surface area contributed by atoms with Crippen LogP contribution < -0.4 is 4.90 Å². The quantitative estimate of drug-likeness (QED) is 0.480. The third-order valence-electron chi connectivity index (χ3n) is 3.34. The number of Topliss-reactive ketones (excluding diaryl/α,β-unsaturated/α-hetero) is 1. The molecule has 0 saturated carbocycles. The Morgan fingerprint density at radius 3 is 2.24 bits per heavy atom. The lowest BCUT2D eigenvalue weighted by molar-refractivity contribution is -0.491. The lowest BCUT2D eigenvalue weighted by atomic mass is 9.95. The summed E-state index contributed by atoms with van der Waals surface area (Å²) in [7, 11) is 0. The minimum absolute atomic E-state index is 0.183. The molecule has 2 aromatic rings. The minimum Gasteiger partial charge on any atom is -0.286 e. The van der Waals surface area contributed by atoms with Crippen LogP contribution in [0.15, 0.2) is 54.6 Å². The fraction of sp³-hybridized carbons (Fsp3) is 0.0667. The predicted octanol–water partition coefficient (Wildman–Crippen LogP) is 2.19. The van der Waals surface area contributed by atoms with Crippen LogP contribution in [-0.4, -0.2) is 22.7 Å². The fourth-order valence-electron chi connectivity index (χ4n) is 2.41. The number of nitrogens with zero attached hydrogens (tertiary/aromatic N) is 2. The Labute approximate surface area is 119 Å². The molecule has 1 atom stereocenters. The third-order valence-corrected chi connectivity index (χ3v) is 3.34. The Hall–Kier alpha value is -3.02. The van der Waals surface area contributed by atoms with E-state index >= 15 is 0 Å². The number of carbonyl (C=O) groups is 2. The fourth-order valence-corrected chi connectivity index (χ4v) is 2.41. The summed E-state index contributed by atoms with van der Waals surface area (Å²) in [5, 5.41) is 11.1. The number of benzene rings is 2. The Kier molecular flexibility index (Phi) is 2.98. The maximum Gasteiger partial charge on any atom is 0.352 e. The van der Waals surface area contributed by atoms with Crippen LogP contribution in [0, 0.1) is 10.1 Å². The van der Waals surface area contributed by atoms with Crippen LogP contribution in [0.4, 0.5) is 11.4 Å². The van der Waals surface area contributed by atoms with Gasteiger partial charge in [0.2, 0.25) is 5.78 Å². The van der Waals surface area contributed by atoms with Crippen molar-refractivity contribution in [2.24, 2.45) is 0 Å². The molecule has 0 aromatic heterocycles. The van der Waals surface area contributed by atoms with E-state index in [-0.39, 0.29) is 5.56 Å². The highest BCUT2D eigenvalue weighted by molar-refractivity contribution is 6.25. The van der Waals surface area contributed by atoms with E-state index in [4.69, 9.17) is 0 Å². The van der Waals surface area contributed by atoms with Crippen molar-refractivity contribution < 1.29 is 14.5 Å². The van der Waals surface area contributed by atoms with Crippen LogP contribution in [0.2, 0.25) is 0 Å². The summed E-state index contributed by atoms with van der Waals surface area (Å²) in [4.78, 5) is 36.0. The summed E-state index contributed by atoms with van der Waals surface area (Å²) in [5.41, 5.74) is 1.05. The van der Waals surface area contributed by atoms with Crippen molar-refractivity contribution in [2.75, 3.05) is 4.90 Å². The lowest BCUT2D eigenvalue weighted by Crippen LogP contribution is -2.49. The third kappa shape index (κ3) is 1.97. The Morgan fingerprint density at radius 1 is 0.952 bits per heavy atom. The maximum atomic E-state index is 12.4. The highest BCUT2D eigenvalue weighted by atomic mass is 16.6. The molecule has 104 valence electrons. The van der Waals surface area contributed by atoms with E-state index in [2.05, 4.69) is 0 Å². The van der Waals surface area contributed by atoms with E-state index in [0.717, 1.165) is 0 Å². The molecular weight excluding hydrogens is 272 g/mol. The van der Waals surface area contributed by atoms with Gasteiger partial charge in [-0.15, -0.1) is 0 Å². The van der Waals surface area contributed by atoms with E-state index in [1.165, 1.54) is 11.0 Å². The van der Waals surface area contributed by atoms with Gasteiger partial charge in [0.1, 0.15) is 0 Å². The van der Waals surface area contributed by atoms with Crippen molar-refractivity contribution in [3.8, 4) is 0 Å². The van der Waals surface area contributed by atoms with Gasteiger partial charge in [0.05, 0.1) is 5.69 Å². The second-order valence-corrected chi connectivity index (χ2v) is 4.58. The number of anilines is 2. The average molecular weight is 282 g/mol. The molecule has 6 heteroatoms. The molecule has 0 aliphatic carbocycles. The van der Waals surface area contributed by atoms with Crippen LogP contribution in [0.25, 0.3) is 0 Å². The molecule has 0 fully saturated rings. The Morgan fingerprint density at radius 2 is 1.57 bits per heavy atom. The summed E-state index contributed by atoms with van der Waals surface area (Å²) in [6.45, 7) is 0. The van der Waals surface area contributed by atoms with E-state index in [9.17, 15) is 19.7 Å². The topological polar surface area (TPSA) is 80.5 Å². The summed E-state index contributed by atoms with van der Waals surface area (Å²) in [6, 6.07) is 13.1. The first-order valence-electron chi connectivity index (χ1n) is 6.27. The minimum atomic E-state index is -1.89. The zero-order valence-electron chi connectivity index (χ0n) is 10.8. The number of amides is 1. The molecule has 6 nitrogen and oxygen atoms in total. The van der Waals surface area contributed by atoms with Gasteiger partial charge in [-0.1, -0.05) is 30.3 Å². The molecule has 2 aromatic carbocycles. The molecule has 0 bridgehead atoms. The standard InChI is InChI=1S/C15H10N2O4/c18-14-11-8-4-5-9-12(11)16(10-6-2-1-3-7-10)15(19)13(14)17(20)21/h1-9,13H/t13-/m1/s1. The predicted molar refractivity (Wildman–Crippen MR) is 75.1 cm³/mol. The number of ketones is 1. The highest BCUT2D eigenvalue weighted by Gasteiger charge is 2.48. The Balaban J connectivity index is 2.23. The zero-order valence-corrected chi connectivity index (χ0v) is 10.8. The summed E-state index contributed by atoms with van der Waals surface area (Å²) < 4.78 is 0.